The van der Waals surface area contributed by atoms with E-state index in [4.69, 9.17) is 0 Å². The normalized spacial score (nSPS) is 21.6. The first-order valence-corrected chi connectivity index (χ1v) is 6.22. The van der Waals surface area contributed by atoms with Gasteiger partial charge in [0.2, 0.25) is 0 Å². The summed E-state index contributed by atoms with van der Waals surface area (Å²) in [6, 6.07) is 14.8. The molecule has 0 aromatic heterocycles. The first-order chi connectivity index (χ1) is 9.05. The number of aryl methyl sites for hydroxylation is 1. The quantitative estimate of drug-likeness (QED) is 0.846. The van der Waals surface area contributed by atoms with Crippen molar-refractivity contribution in [2.75, 3.05) is 11.9 Å². The number of benzene rings is 2. The minimum absolute atomic E-state index is 0.306. The van der Waals surface area contributed by atoms with Gasteiger partial charge in [0.1, 0.15) is 0 Å². The molecular formula is C16H15NO2. The van der Waals surface area contributed by atoms with Gasteiger partial charge >= 0.3 is 0 Å². The van der Waals surface area contributed by atoms with Crippen LogP contribution >= 0.6 is 0 Å². The molecule has 19 heavy (non-hydrogen) atoms. The Kier molecular flexibility index (Phi) is 2.47. The monoisotopic (exact) mass is 253 g/mol. The van der Waals surface area contributed by atoms with E-state index in [0.717, 1.165) is 11.3 Å². The molecule has 1 heterocycles. The molecule has 3 rings (SSSR count). The molecule has 2 aromatic carbocycles. The van der Waals surface area contributed by atoms with E-state index >= 15 is 0 Å². The second-order valence-electron chi connectivity index (χ2n) is 4.96. The summed E-state index contributed by atoms with van der Waals surface area (Å²) >= 11 is 0. The molecule has 0 aliphatic carbocycles. The van der Waals surface area contributed by atoms with E-state index in [-0.39, 0.29) is 5.91 Å². The molecular weight excluding hydrogens is 238 g/mol. The number of carbonyl (C=O) groups excluding carboxylic acids is 1. The molecule has 1 unspecified atom stereocenters. The van der Waals surface area contributed by atoms with E-state index in [2.05, 4.69) is 0 Å². The molecule has 2 aromatic rings. The zero-order chi connectivity index (χ0) is 13.6. The molecule has 1 aliphatic rings. The smallest absolute Gasteiger partial charge is 0.268 e. The van der Waals surface area contributed by atoms with E-state index in [0.29, 0.717) is 11.1 Å². The van der Waals surface area contributed by atoms with Crippen LogP contribution in [0.3, 0.4) is 0 Å². The second kappa shape index (κ2) is 3.93. The SMILES string of the molecule is Cc1cccc(C2(O)C(=O)N(C)c3ccccc32)c1. The van der Waals surface area contributed by atoms with Crippen LogP contribution in [0.25, 0.3) is 0 Å². The summed E-state index contributed by atoms with van der Waals surface area (Å²) in [4.78, 5) is 14.0. The Morgan fingerprint density at radius 2 is 1.84 bits per heavy atom. The molecule has 1 amide bonds. The fraction of sp³-hybridized carbons (Fsp3) is 0.188. The third-order valence-electron chi connectivity index (χ3n) is 3.71. The van der Waals surface area contributed by atoms with Crippen LogP contribution < -0.4 is 4.90 Å². The lowest BCUT2D eigenvalue weighted by molar-refractivity contribution is -0.131. The fourth-order valence-electron chi connectivity index (χ4n) is 2.69. The summed E-state index contributed by atoms with van der Waals surface area (Å²) in [5.41, 5.74) is 1.47. The van der Waals surface area contributed by atoms with Crippen molar-refractivity contribution in [3.05, 3.63) is 65.2 Å². The van der Waals surface area contributed by atoms with Gasteiger partial charge < -0.3 is 10.0 Å². The van der Waals surface area contributed by atoms with Crippen LogP contribution in [-0.2, 0) is 10.4 Å². The molecule has 0 fully saturated rings. The van der Waals surface area contributed by atoms with Gasteiger partial charge in [0.15, 0.2) is 5.60 Å². The van der Waals surface area contributed by atoms with Crippen LogP contribution in [0.1, 0.15) is 16.7 Å². The molecule has 0 bridgehead atoms. The Morgan fingerprint density at radius 1 is 1.11 bits per heavy atom. The van der Waals surface area contributed by atoms with Gasteiger partial charge in [-0.15, -0.1) is 0 Å². The van der Waals surface area contributed by atoms with Crippen molar-refractivity contribution in [2.45, 2.75) is 12.5 Å². The Morgan fingerprint density at radius 3 is 2.58 bits per heavy atom. The lowest BCUT2D eigenvalue weighted by atomic mass is 9.87. The van der Waals surface area contributed by atoms with Crippen molar-refractivity contribution < 1.29 is 9.90 Å². The van der Waals surface area contributed by atoms with E-state index in [9.17, 15) is 9.90 Å². The van der Waals surface area contributed by atoms with Gasteiger partial charge in [0.05, 0.1) is 5.69 Å². The van der Waals surface area contributed by atoms with Crippen molar-refractivity contribution in [1.29, 1.82) is 0 Å². The summed E-state index contributed by atoms with van der Waals surface area (Å²) in [6.07, 6.45) is 0. The maximum Gasteiger partial charge on any atom is 0.268 e. The molecule has 1 N–H and O–H groups in total. The summed E-state index contributed by atoms with van der Waals surface area (Å²) < 4.78 is 0. The molecule has 96 valence electrons. The summed E-state index contributed by atoms with van der Waals surface area (Å²) in [6.45, 7) is 1.95. The maximum atomic E-state index is 12.5. The largest absolute Gasteiger partial charge is 0.372 e. The lowest BCUT2D eigenvalue weighted by Crippen LogP contribution is -2.39. The van der Waals surface area contributed by atoms with Gasteiger partial charge in [-0.25, -0.2) is 0 Å². The maximum absolute atomic E-state index is 12.5. The number of anilines is 1. The van der Waals surface area contributed by atoms with Gasteiger partial charge in [-0.3, -0.25) is 4.79 Å². The highest BCUT2D eigenvalue weighted by atomic mass is 16.3. The molecule has 0 saturated carbocycles. The number of carbonyl (C=O) groups is 1. The number of aliphatic hydroxyl groups is 1. The van der Waals surface area contributed by atoms with E-state index in [1.807, 2.05) is 43.3 Å². The topological polar surface area (TPSA) is 40.5 Å². The van der Waals surface area contributed by atoms with Crippen molar-refractivity contribution in [2.24, 2.45) is 0 Å². The minimum atomic E-state index is -1.57. The van der Waals surface area contributed by atoms with Crippen molar-refractivity contribution in [1.82, 2.24) is 0 Å². The number of likely N-dealkylation sites (N-methyl/N-ethyl adjacent to an activating group) is 1. The van der Waals surface area contributed by atoms with Gasteiger partial charge in [0.25, 0.3) is 5.91 Å². The highest BCUT2D eigenvalue weighted by molar-refractivity contribution is 6.08. The summed E-state index contributed by atoms with van der Waals surface area (Å²) in [5, 5.41) is 11.0. The molecule has 3 heteroatoms. The van der Waals surface area contributed by atoms with Crippen LogP contribution in [-0.4, -0.2) is 18.1 Å². The number of hydrogen-bond donors (Lipinski definition) is 1. The Hall–Kier alpha value is -2.13. The molecule has 3 nitrogen and oxygen atoms in total. The first kappa shape index (κ1) is 11.9. The van der Waals surface area contributed by atoms with Crippen molar-refractivity contribution in [3.8, 4) is 0 Å². The Balaban J connectivity index is 2.27. The van der Waals surface area contributed by atoms with Gasteiger partial charge in [0, 0.05) is 12.6 Å². The number of para-hydroxylation sites is 1. The van der Waals surface area contributed by atoms with Crippen LogP contribution in [0, 0.1) is 6.92 Å². The second-order valence-corrected chi connectivity index (χ2v) is 4.96. The highest BCUT2D eigenvalue weighted by Crippen LogP contribution is 2.43. The summed E-state index contributed by atoms with van der Waals surface area (Å²) in [5.74, 6) is -0.306. The van der Waals surface area contributed by atoms with Crippen molar-refractivity contribution in [3.63, 3.8) is 0 Å². The first-order valence-electron chi connectivity index (χ1n) is 6.22. The van der Waals surface area contributed by atoms with Crippen LogP contribution in [0.5, 0.6) is 0 Å². The third kappa shape index (κ3) is 1.52. The third-order valence-corrected chi connectivity index (χ3v) is 3.71. The lowest BCUT2D eigenvalue weighted by Gasteiger charge is -2.22. The predicted molar refractivity (Wildman–Crippen MR) is 74.0 cm³/mol. The molecule has 0 saturated heterocycles. The van der Waals surface area contributed by atoms with Gasteiger partial charge in [-0.2, -0.15) is 0 Å². The molecule has 1 atom stereocenters. The van der Waals surface area contributed by atoms with Crippen LogP contribution in [0.4, 0.5) is 5.69 Å². The Bertz CT molecular complexity index is 665. The molecule has 1 aliphatic heterocycles. The molecule has 0 radical (unpaired) electrons. The van der Waals surface area contributed by atoms with Gasteiger partial charge in [-0.1, -0.05) is 48.0 Å². The standard InChI is InChI=1S/C16H15NO2/c1-11-6-5-7-12(10-11)16(19)13-8-3-4-9-14(13)17(2)15(16)18/h3-10,19H,1-2H3. The van der Waals surface area contributed by atoms with Crippen molar-refractivity contribution >= 4 is 11.6 Å². The minimum Gasteiger partial charge on any atom is -0.372 e. The number of amides is 1. The van der Waals surface area contributed by atoms with E-state index in [1.165, 1.54) is 4.90 Å². The van der Waals surface area contributed by atoms with Crippen LogP contribution in [0.15, 0.2) is 48.5 Å². The summed E-state index contributed by atoms with van der Waals surface area (Å²) in [7, 11) is 1.69. The number of rotatable bonds is 1. The molecule has 0 spiro atoms. The number of hydrogen-bond acceptors (Lipinski definition) is 2. The predicted octanol–water partition coefficient (Wildman–Crippen LogP) is 2.21. The fourth-order valence-corrected chi connectivity index (χ4v) is 2.69. The van der Waals surface area contributed by atoms with E-state index in [1.54, 1.807) is 19.2 Å². The number of fused-ring (bicyclic) bond motifs is 1. The zero-order valence-corrected chi connectivity index (χ0v) is 10.9. The zero-order valence-electron chi connectivity index (χ0n) is 10.9. The van der Waals surface area contributed by atoms with Gasteiger partial charge in [-0.05, 0) is 18.6 Å². The van der Waals surface area contributed by atoms with Crippen LogP contribution in [0.2, 0.25) is 0 Å². The number of nitrogens with zero attached hydrogens (tertiary/aromatic N) is 1. The highest BCUT2D eigenvalue weighted by Gasteiger charge is 2.49. The average Bonchev–Trinajstić information content (AvgIpc) is 2.63. The average molecular weight is 253 g/mol. The van der Waals surface area contributed by atoms with E-state index < -0.39 is 5.60 Å². The Labute approximate surface area is 112 Å².